The maximum absolute atomic E-state index is 12.8. The molecule has 0 saturated carbocycles. The van der Waals surface area contributed by atoms with Gasteiger partial charge in [0.05, 0.1) is 22.1 Å². The van der Waals surface area contributed by atoms with Crippen LogP contribution in [0.25, 0.3) is 0 Å². The average Bonchev–Trinajstić information content (AvgIpc) is 3.17. The summed E-state index contributed by atoms with van der Waals surface area (Å²) in [6, 6.07) is 8.97. The number of hydrogen-bond donors (Lipinski definition) is 2. The van der Waals surface area contributed by atoms with Crippen LogP contribution >= 0.6 is 11.6 Å². The number of furan rings is 1. The van der Waals surface area contributed by atoms with Crippen LogP contribution in [0, 0.1) is 17.0 Å². The second-order valence-corrected chi connectivity index (χ2v) is 8.15. The molecule has 1 aliphatic rings. The number of nitrogens with zero attached hydrogens (tertiary/aromatic N) is 3. The molecule has 174 valence electrons. The Kier molecular flexibility index (Phi) is 6.69. The summed E-state index contributed by atoms with van der Waals surface area (Å²) >= 11 is 5.83. The van der Waals surface area contributed by atoms with Crippen molar-refractivity contribution < 1.29 is 18.9 Å². The van der Waals surface area contributed by atoms with Crippen LogP contribution in [0.15, 0.2) is 52.1 Å². The highest BCUT2D eigenvalue weighted by molar-refractivity contribution is 6.30. The summed E-state index contributed by atoms with van der Waals surface area (Å²) in [4.78, 5) is 39.4. The minimum atomic E-state index is -0.496. The van der Waals surface area contributed by atoms with Gasteiger partial charge in [-0.1, -0.05) is 23.7 Å². The van der Waals surface area contributed by atoms with Crippen LogP contribution in [0.5, 0.6) is 0 Å². The Labute approximate surface area is 199 Å². The molecule has 1 aromatic carbocycles. The van der Waals surface area contributed by atoms with E-state index in [0.29, 0.717) is 46.3 Å². The highest BCUT2D eigenvalue weighted by atomic mass is 35.5. The van der Waals surface area contributed by atoms with Gasteiger partial charge in [0.2, 0.25) is 5.91 Å². The maximum Gasteiger partial charge on any atom is 0.292 e. The van der Waals surface area contributed by atoms with E-state index in [1.54, 1.807) is 19.1 Å². The standard InChI is InChI=1S/C23H20ClN5O5/c1-13-21-17(27-28-20(30)11-14-5-8-16(9-6-14)29(32)33)3-2-4-18(21)34-22(13)23(31)26-19-10-7-15(24)12-25-19/h5-10,12H,2-4,11H2,1H3,(H,28,30)(H,25,26,31)/b27-17+. The number of fused-ring (bicyclic) bond motifs is 1. The van der Waals surface area contributed by atoms with E-state index in [9.17, 15) is 19.7 Å². The molecule has 0 atom stereocenters. The number of amides is 2. The minimum Gasteiger partial charge on any atom is -0.455 e. The van der Waals surface area contributed by atoms with Crippen molar-refractivity contribution in [2.75, 3.05) is 5.32 Å². The molecule has 2 amide bonds. The Morgan fingerprint density at radius 2 is 1.97 bits per heavy atom. The van der Waals surface area contributed by atoms with Gasteiger partial charge < -0.3 is 9.73 Å². The second kappa shape index (κ2) is 9.84. The lowest BCUT2D eigenvalue weighted by Crippen LogP contribution is -2.23. The van der Waals surface area contributed by atoms with Crippen molar-refractivity contribution in [1.29, 1.82) is 0 Å². The van der Waals surface area contributed by atoms with E-state index >= 15 is 0 Å². The predicted octanol–water partition coefficient (Wildman–Crippen LogP) is 4.20. The molecule has 0 unspecified atom stereocenters. The number of halogens is 1. The van der Waals surface area contributed by atoms with Crippen molar-refractivity contribution >= 4 is 40.6 Å². The Balaban J connectivity index is 1.47. The maximum atomic E-state index is 12.8. The van der Waals surface area contributed by atoms with E-state index in [-0.39, 0.29) is 23.8 Å². The van der Waals surface area contributed by atoms with Crippen LogP contribution in [0.4, 0.5) is 11.5 Å². The van der Waals surface area contributed by atoms with E-state index in [4.69, 9.17) is 16.0 Å². The number of pyridine rings is 1. The van der Waals surface area contributed by atoms with Crippen LogP contribution in [0.2, 0.25) is 5.02 Å². The van der Waals surface area contributed by atoms with Crippen molar-refractivity contribution in [2.24, 2.45) is 5.10 Å². The number of nitro groups is 1. The van der Waals surface area contributed by atoms with E-state index < -0.39 is 10.8 Å². The Morgan fingerprint density at radius 1 is 1.21 bits per heavy atom. The number of aryl methyl sites for hydroxylation is 1. The number of benzene rings is 1. The number of carbonyl (C=O) groups is 2. The smallest absolute Gasteiger partial charge is 0.292 e. The van der Waals surface area contributed by atoms with Crippen LogP contribution in [0.1, 0.15) is 45.8 Å². The van der Waals surface area contributed by atoms with Gasteiger partial charge in [-0.3, -0.25) is 19.7 Å². The molecule has 0 aliphatic heterocycles. The third-order valence-electron chi connectivity index (χ3n) is 5.33. The number of non-ortho nitro benzene ring substituents is 1. The number of nitro benzene ring substituents is 1. The highest BCUT2D eigenvalue weighted by Crippen LogP contribution is 2.30. The first-order chi connectivity index (χ1) is 16.3. The molecule has 0 radical (unpaired) electrons. The Bertz CT molecular complexity index is 1280. The van der Waals surface area contributed by atoms with Gasteiger partial charge in [0.25, 0.3) is 11.6 Å². The van der Waals surface area contributed by atoms with Crippen molar-refractivity contribution in [1.82, 2.24) is 10.4 Å². The SMILES string of the molecule is Cc1c(C(=O)Nc2ccc(Cl)cn2)oc2c1/C(=N/NC(=O)Cc1ccc([N+](=O)[O-])cc1)CCC2. The summed E-state index contributed by atoms with van der Waals surface area (Å²) in [7, 11) is 0. The molecule has 0 saturated heterocycles. The number of rotatable bonds is 6. The molecule has 0 spiro atoms. The van der Waals surface area contributed by atoms with E-state index in [2.05, 4.69) is 20.8 Å². The van der Waals surface area contributed by atoms with Crippen molar-refractivity contribution in [3.05, 3.63) is 85.9 Å². The number of aromatic nitrogens is 1. The van der Waals surface area contributed by atoms with Crippen LogP contribution < -0.4 is 10.7 Å². The third-order valence-corrected chi connectivity index (χ3v) is 5.55. The third kappa shape index (κ3) is 5.12. The minimum absolute atomic E-state index is 0.0216. The van der Waals surface area contributed by atoms with Gasteiger partial charge in [-0.15, -0.1) is 0 Å². The fourth-order valence-electron chi connectivity index (χ4n) is 3.71. The summed E-state index contributed by atoms with van der Waals surface area (Å²) in [5, 5.41) is 18.2. The average molecular weight is 482 g/mol. The van der Waals surface area contributed by atoms with Gasteiger partial charge in [-0.25, -0.2) is 10.4 Å². The molecule has 34 heavy (non-hydrogen) atoms. The van der Waals surface area contributed by atoms with E-state index in [0.717, 1.165) is 12.0 Å². The summed E-state index contributed by atoms with van der Waals surface area (Å²) in [6.07, 6.45) is 3.48. The molecule has 0 fully saturated rings. The normalized spacial score (nSPS) is 13.9. The number of anilines is 1. The molecule has 4 rings (SSSR count). The zero-order chi connectivity index (χ0) is 24.2. The van der Waals surface area contributed by atoms with Crippen LogP contribution in [0.3, 0.4) is 0 Å². The van der Waals surface area contributed by atoms with Gasteiger partial charge in [0.1, 0.15) is 11.6 Å². The monoisotopic (exact) mass is 481 g/mol. The second-order valence-electron chi connectivity index (χ2n) is 7.72. The first-order valence-electron chi connectivity index (χ1n) is 10.5. The fourth-order valence-corrected chi connectivity index (χ4v) is 3.82. The zero-order valence-corrected chi connectivity index (χ0v) is 18.9. The number of nitrogens with one attached hydrogen (secondary N) is 2. The van der Waals surface area contributed by atoms with Crippen molar-refractivity contribution in [3.8, 4) is 0 Å². The molecule has 2 N–H and O–H groups in total. The quantitative estimate of drug-likeness (QED) is 0.399. The van der Waals surface area contributed by atoms with Gasteiger partial charge >= 0.3 is 0 Å². The van der Waals surface area contributed by atoms with Gasteiger partial charge in [-0.2, -0.15) is 5.10 Å². The molecular formula is C23H20ClN5O5. The predicted molar refractivity (Wildman–Crippen MR) is 125 cm³/mol. The van der Waals surface area contributed by atoms with Crippen LogP contribution in [-0.4, -0.2) is 27.4 Å². The lowest BCUT2D eigenvalue weighted by Gasteiger charge is -2.13. The summed E-state index contributed by atoms with van der Waals surface area (Å²) < 4.78 is 5.84. The number of hydrazone groups is 1. The van der Waals surface area contributed by atoms with Crippen molar-refractivity contribution in [2.45, 2.75) is 32.6 Å². The Morgan fingerprint density at radius 3 is 2.65 bits per heavy atom. The molecule has 11 heteroatoms. The zero-order valence-electron chi connectivity index (χ0n) is 18.1. The van der Waals surface area contributed by atoms with Crippen molar-refractivity contribution in [3.63, 3.8) is 0 Å². The number of hydrogen-bond acceptors (Lipinski definition) is 7. The largest absolute Gasteiger partial charge is 0.455 e. The van der Waals surface area contributed by atoms with Gasteiger partial charge in [0.15, 0.2) is 5.76 Å². The molecule has 2 heterocycles. The van der Waals surface area contributed by atoms with E-state index in [1.165, 1.54) is 30.5 Å². The molecule has 1 aliphatic carbocycles. The van der Waals surface area contributed by atoms with Crippen LogP contribution in [-0.2, 0) is 17.6 Å². The topological polar surface area (TPSA) is 140 Å². The molecule has 3 aromatic rings. The lowest BCUT2D eigenvalue weighted by atomic mass is 9.93. The molecule has 0 bridgehead atoms. The lowest BCUT2D eigenvalue weighted by molar-refractivity contribution is -0.384. The molecular weight excluding hydrogens is 462 g/mol. The first kappa shape index (κ1) is 23.1. The van der Waals surface area contributed by atoms with Gasteiger partial charge in [-0.05, 0) is 37.5 Å². The summed E-state index contributed by atoms with van der Waals surface area (Å²) in [5.41, 5.74) is 5.10. The first-order valence-corrected chi connectivity index (χ1v) is 10.8. The fraction of sp³-hybridized carbons (Fsp3) is 0.217. The summed E-state index contributed by atoms with van der Waals surface area (Å²) in [6.45, 7) is 1.77. The number of carbonyl (C=O) groups excluding carboxylic acids is 2. The highest BCUT2D eigenvalue weighted by Gasteiger charge is 2.28. The van der Waals surface area contributed by atoms with Gasteiger partial charge in [0, 0.05) is 35.9 Å². The summed E-state index contributed by atoms with van der Waals surface area (Å²) in [5.74, 6) is 0.343. The Hall–Kier alpha value is -4.05. The molecule has 10 nitrogen and oxygen atoms in total. The van der Waals surface area contributed by atoms with E-state index in [1.807, 2.05) is 0 Å². The molecule has 2 aromatic heterocycles.